The van der Waals surface area contributed by atoms with Crippen LogP contribution in [0.3, 0.4) is 0 Å². The molecule has 1 aromatic rings. The van der Waals surface area contributed by atoms with Gasteiger partial charge in [-0.15, -0.1) is 0 Å². The third-order valence-corrected chi connectivity index (χ3v) is 3.60. The van der Waals surface area contributed by atoms with Gasteiger partial charge >= 0.3 is 0 Å². The van der Waals surface area contributed by atoms with Crippen LogP contribution >= 0.6 is 11.6 Å². The highest BCUT2D eigenvalue weighted by molar-refractivity contribution is 6.31. The molecule has 0 radical (unpaired) electrons. The molecule has 0 bridgehead atoms. The number of halogens is 1. The lowest BCUT2D eigenvalue weighted by atomic mass is 10.2. The van der Waals surface area contributed by atoms with Crippen LogP contribution in [0.4, 0.5) is 5.82 Å². The van der Waals surface area contributed by atoms with Gasteiger partial charge in [-0.2, -0.15) is 0 Å². The molecule has 0 saturated carbocycles. The Hall–Kier alpha value is -1.86. The second-order valence-electron chi connectivity index (χ2n) is 4.83. The molecule has 0 unspecified atom stereocenters. The van der Waals surface area contributed by atoms with Crippen molar-refractivity contribution >= 4 is 29.2 Å². The van der Waals surface area contributed by atoms with E-state index in [9.17, 15) is 9.59 Å². The lowest BCUT2D eigenvalue weighted by molar-refractivity contribution is -0.150. The first-order chi connectivity index (χ1) is 10.0. The Morgan fingerprint density at radius 1 is 1.29 bits per heavy atom. The van der Waals surface area contributed by atoms with E-state index in [1.807, 2.05) is 6.92 Å². The van der Waals surface area contributed by atoms with Gasteiger partial charge in [0, 0.05) is 6.54 Å². The van der Waals surface area contributed by atoms with Crippen molar-refractivity contribution < 1.29 is 9.59 Å². The highest BCUT2D eigenvalue weighted by Gasteiger charge is 2.29. The summed E-state index contributed by atoms with van der Waals surface area (Å²) in [7, 11) is 0. The van der Waals surface area contributed by atoms with Gasteiger partial charge in [-0.25, -0.2) is 10.8 Å². The number of piperazine rings is 1. The summed E-state index contributed by atoms with van der Waals surface area (Å²) >= 11 is 6.07. The summed E-state index contributed by atoms with van der Waals surface area (Å²) in [6.45, 7) is 2.93. The summed E-state index contributed by atoms with van der Waals surface area (Å²) < 4.78 is 0. The van der Waals surface area contributed by atoms with Gasteiger partial charge < -0.3 is 15.2 Å². The minimum Gasteiger partial charge on any atom is -0.332 e. The fraction of sp³-hybridized carbons (Fsp3) is 0.462. The van der Waals surface area contributed by atoms with Crippen molar-refractivity contribution in [2.45, 2.75) is 19.9 Å². The van der Waals surface area contributed by atoms with Crippen LogP contribution in [0.5, 0.6) is 0 Å². The maximum Gasteiger partial charge on any atom is 0.243 e. The zero-order valence-electron chi connectivity index (χ0n) is 11.8. The molecule has 1 saturated heterocycles. The molecule has 2 amide bonds. The van der Waals surface area contributed by atoms with Gasteiger partial charge in [-0.1, -0.05) is 18.5 Å². The number of nitrogens with one attached hydrogen (secondary N) is 1. The number of amides is 2. The molecule has 1 aromatic heterocycles. The molecule has 2 rings (SSSR count). The van der Waals surface area contributed by atoms with Crippen molar-refractivity contribution in [1.29, 1.82) is 0 Å². The summed E-state index contributed by atoms with van der Waals surface area (Å²) in [5.41, 5.74) is 2.94. The van der Waals surface area contributed by atoms with Crippen LogP contribution in [-0.4, -0.2) is 46.2 Å². The Balaban J connectivity index is 2.10. The zero-order valence-corrected chi connectivity index (χ0v) is 12.6. The number of nitrogens with zero attached hydrogens (tertiary/aromatic N) is 3. The Morgan fingerprint density at radius 3 is 2.62 bits per heavy atom. The van der Waals surface area contributed by atoms with E-state index in [1.165, 1.54) is 4.90 Å². The second kappa shape index (κ2) is 6.73. The third kappa shape index (κ3) is 3.62. The molecule has 8 heteroatoms. The van der Waals surface area contributed by atoms with E-state index in [0.717, 1.165) is 6.42 Å². The van der Waals surface area contributed by atoms with E-state index in [1.54, 1.807) is 17.0 Å². The first-order valence-corrected chi connectivity index (χ1v) is 7.10. The highest BCUT2D eigenvalue weighted by Crippen LogP contribution is 2.19. The van der Waals surface area contributed by atoms with Gasteiger partial charge in [0.1, 0.15) is 12.4 Å². The van der Waals surface area contributed by atoms with Gasteiger partial charge in [-0.05, 0) is 18.6 Å². The van der Waals surface area contributed by atoms with Crippen LogP contribution in [-0.2, 0) is 16.1 Å². The standard InChI is InChI=1S/C13H18ClN5O2/c1-2-5-18-7-13(21)19(8-12(18)20)6-10-9(14)3-4-11(16-10)17-15/h3-4H,2,5-8,15H2,1H3,(H,16,17). The molecule has 0 atom stereocenters. The van der Waals surface area contributed by atoms with Crippen molar-refractivity contribution in [2.24, 2.45) is 5.84 Å². The van der Waals surface area contributed by atoms with Gasteiger partial charge in [0.2, 0.25) is 11.8 Å². The topological polar surface area (TPSA) is 91.6 Å². The van der Waals surface area contributed by atoms with Crippen molar-refractivity contribution in [3.8, 4) is 0 Å². The molecule has 1 aliphatic heterocycles. The lowest BCUT2D eigenvalue weighted by Gasteiger charge is -2.33. The van der Waals surface area contributed by atoms with E-state index in [4.69, 9.17) is 17.4 Å². The van der Waals surface area contributed by atoms with Gasteiger partial charge in [0.25, 0.3) is 0 Å². The maximum absolute atomic E-state index is 12.1. The van der Waals surface area contributed by atoms with E-state index < -0.39 is 0 Å². The molecule has 0 spiro atoms. The average molecular weight is 312 g/mol. The first-order valence-electron chi connectivity index (χ1n) is 6.72. The van der Waals surface area contributed by atoms with E-state index in [0.29, 0.717) is 23.1 Å². The van der Waals surface area contributed by atoms with Crippen LogP contribution in [0, 0.1) is 0 Å². The Labute approximate surface area is 128 Å². The fourth-order valence-electron chi connectivity index (χ4n) is 2.18. The number of anilines is 1. The van der Waals surface area contributed by atoms with E-state index >= 15 is 0 Å². The number of carbonyl (C=O) groups excluding carboxylic acids is 2. The molecule has 2 heterocycles. The number of hydrazine groups is 1. The van der Waals surface area contributed by atoms with Crippen LogP contribution in [0.25, 0.3) is 0 Å². The lowest BCUT2D eigenvalue weighted by Crippen LogP contribution is -2.53. The normalized spacial score (nSPS) is 15.6. The predicted molar refractivity (Wildman–Crippen MR) is 79.3 cm³/mol. The zero-order chi connectivity index (χ0) is 15.4. The largest absolute Gasteiger partial charge is 0.332 e. The molecule has 1 aliphatic rings. The summed E-state index contributed by atoms with van der Waals surface area (Å²) in [5, 5.41) is 0.435. The van der Waals surface area contributed by atoms with Crippen molar-refractivity contribution in [2.75, 3.05) is 25.1 Å². The third-order valence-electron chi connectivity index (χ3n) is 3.26. The number of hydrogen-bond acceptors (Lipinski definition) is 5. The molecular formula is C13H18ClN5O2. The molecule has 114 valence electrons. The van der Waals surface area contributed by atoms with Gasteiger partial charge in [0.05, 0.1) is 23.8 Å². The Kier molecular flexibility index (Phi) is 4.98. The van der Waals surface area contributed by atoms with Crippen LogP contribution in [0.15, 0.2) is 12.1 Å². The van der Waals surface area contributed by atoms with Crippen molar-refractivity contribution in [3.63, 3.8) is 0 Å². The molecule has 3 N–H and O–H groups in total. The predicted octanol–water partition coefficient (Wildman–Crippen LogP) is 0.601. The highest BCUT2D eigenvalue weighted by atomic mass is 35.5. The number of carbonyl (C=O) groups is 2. The number of pyridine rings is 1. The fourth-order valence-corrected chi connectivity index (χ4v) is 2.34. The summed E-state index contributed by atoms with van der Waals surface area (Å²) in [6, 6.07) is 3.29. The number of hydrogen-bond donors (Lipinski definition) is 2. The number of rotatable bonds is 5. The number of aromatic nitrogens is 1. The Morgan fingerprint density at radius 2 is 1.95 bits per heavy atom. The van der Waals surface area contributed by atoms with E-state index in [2.05, 4.69) is 10.4 Å². The quantitative estimate of drug-likeness (QED) is 0.614. The number of nitrogens with two attached hydrogens (primary N) is 1. The maximum atomic E-state index is 12.1. The van der Waals surface area contributed by atoms with Gasteiger partial charge in [0.15, 0.2) is 0 Å². The van der Waals surface area contributed by atoms with E-state index in [-0.39, 0.29) is 31.4 Å². The summed E-state index contributed by atoms with van der Waals surface area (Å²) in [5.74, 6) is 5.60. The summed E-state index contributed by atoms with van der Waals surface area (Å²) in [6.07, 6.45) is 0.830. The van der Waals surface area contributed by atoms with Crippen LogP contribution in [0.1, 0.15) is 19.0 Å². The monoisotopic (exact) mass is 311 g/mol. The first kappa shape index (κ1) is 15.5. The van der Waals surface area contributed by atoms with Crippen LogP contribution in [0.2, 0.25) is 5.02 Å². The summed E-state index contributed by atoms with van der Waals surface area (Å²) in [4.78, 5) is 31.4. The minimum atomic E-state index is -0.105. The van der Waals surface area contributed by atoms with Crippen LogP contribution < -0.4 is 11.3 Å². The smallest absolute Gasteiger partial charge is 0.243 e. The molecule has 1 fully saturated rings. The second-order valence-corrected chi connectivity index (χ2v) is 5.24. The number of nitrogen functional groups attached to an aromatic ring is 1. The van der Waals surface area contributed by atoms with Crippen molar-refractivity contribution in [1.82, 2.24) is 14.8 Å². The molecule has 0 aliphatic carbocycles. The van der Waals surface area contributed by atoms with Crippen molar-refractivity contribution in [3.05, 3.63) is 22.8 Å². The van der Waals surface area contributed by atoms with Gasteiger partial charge in [-0.3, -0.25) is 9.59 Å². The molecular weight excluding hydrogens is 294 g/mol. The average Bonchev–Trinajstić information content (AvgIpc) is 2.46. The minimum absolute atomic E-state index is 0.0527. The molecule has 0 aromatic carbocycles. The SMILES string of the molecule is CCCN1CC(=O)N(Cc2nc(NN)ccc2Cl)CC1=O. The Bertz CT molecular complexity index is 551. The molecule has 21 heavy (non-hydrogen) atoms. The molecule has 7 nitrogen and oxygen atoms in total.